The average Bonchev–Trinajstić information content (AvgIpc) is 2.37. The van der Waals surface area contributed by atoms with Crippen LogP contribution >= 0.6 is 0 Å². The Kier molecular flexibility index (Phi) is 12.5. The van der Waals surface area contributed by atoms with Crippen LogP contribution in [0.15, 0.2) is 0 Å². The van der Waals surface area contributed by atoms with Gasteiger partial charge in [-0.3, -0.25) is 14.4 Å². The first-order valence-corrected chi connectivity index (χ1v) is 7.20. The van der Waals surface area contributed by atoms with Crippen LogP contribution in [-0.2, 0) is 14.4 Å². The van der Waals surface area contributed by atoms with E-state index in [0.29, 0.717) is 12.3 Å². The first-order chi connectivity index (χ1) is 9.65. The molecule has 0 bridgehead atoms. The molecule has 5 N–H and O–H groups in total. The number of nitrogens with zero attached hydrogens (tertiary/aromatic N) is 1. The molecule has 0 aliphatic rings. The van der Waals surface area contributed by atoms with E-state index < -0.39 is 17.9 Å². The van der Waals surface area contributed by atoms with E-state index in [-0.39, 0.29) is 18.7 Å². The number of carboxylic acids is 1. The second kappa shape index (κ2) is 12.1. The minimum Gasteiger partial charge on any atom is -0.480 e. The van der Waals surface area contributed by atoms with Gasteiger partial charge in [0.05, 0.1) is 0 Å². The van der Waals surface area contributed by atoms with Gasteiger partial charge < -0.3 is 21.5 Å². The highest BCUT2D eigenvalue weighted by molar-refractivity contribution is 5.77. The van der Waals surface area contributed by atoms with E-state index in [1.54, 1.807) is 0 Å². The van der Waals surface area contributed by atoms with Gasteiger partial charge in [0.2, 0.25) is 11.8 Å². The Balaban J connectivity index is 0. The monoisotopic (exact) mass is 303 g/mol. The van der Waals surface area contributed by atoms with Gasteiger partial charge in [-0.2, -0.15) is 0 Å². The lowest BCUT2D eigenvalue weighted by Gasteiger charge is -2.19. The summed E-state index contributed by atoms with van der Waals surface area (Å²) in [5.74, 6) is -0.883. The van der Waals surface area contributed by atoms with E-state index in [9.17, 15) is 14.4 Å². The summed E-state index contributed by atoms with van der Waals surface area (Å²) in [5.41, 5.74) is 9.81. The van der Waals surface area contributed by atoms with E-state index in [2.05, 4.69) is 13.8 Å². The number of hydrogen-bond donors (Lipinski definition) is 3. The molecular formula is C14H29N3O4. The summed E-state index contributed by atoms with van der Waals surface area (Å²) >= 11 is 0. The molecule has 0 fully saturated rings. The van der Waals surface area contributed by atoms with Crippen molar-refractivity contribution in [2.24, 2.45) is 17.4 Å². The fourth-order valence-corrected chi connectivity index (χ4v) is 1.48. The first kappa shape index (κ1) is 21.7. The Labute approximate surface area is 126 Å². The second-order valence-corrected chi connectivity index (χ2v) is 5.11. The third-order valence-electron chi connectivity index (χ3n) is 2.72. The van der Waals surface area contributed by atoms with Crippen LogP contribution in [0.4, 0.5) is 0 Å². The molecule has 0 rings (SSSR count). The first-order valence-electron chi connectivity index (χ1n) is 7.20. The molecule has 0 saturated carbocycles. The molecule has 0 spiro atoms. The van der Waals surface area contributed by atoms with Crippen molar-refractivity contribution in [1.82, 2.24) is 4.90 Å². The Bertz CT molecular complexity index is 328. The van der Waals surface area contributed by atoms with Crippen LogP contribution in [0, 0.1) is 5.92 Å². The number of carbonyl (C=O) groups is 3. The van der Waals surface area contributed by atoms with Gasteiger partial charge in [-0.25, -0.2) is 0 Å². The number of rotatable bonds is 8. The lowest BCUT2D eigenvalue weighted by Crippen LogP contribution is -2.31. The van der Waals surface area contributed by atoms with Crippen molar-refractivity contribution in [2.75, 3.05) is 13.1 Å². The van der Waals surface area contributed by atoms with Crippen molar-refractivity contribution in [3.05, 3.63) is 0 Å². The molecule has 0 radical (unpaired) electrons. The fraction of sp³-hybridized carbons (Fsp3) is 0.786. The summed E-state index contributed by atoms with van der Waals surface area (Å²) < 4.78 is 0. The zero-order valence-electron chi connectivity index (χ0n) is 13.5. The zero-order valence-corrected chi connectivity index (χ0v) is 13.5. The lowest BCUT2D eigenvalue weighted by atomic mass is 10.1. The van der Waals surface area contributed by atoms with Gasteiger partial charge in [0.25, 0.3) is 0 Å². The quantitative estimate of drug-likeness (QED) is 0.604. The molecule has 0 aliphatic carbocycles. The molecule has 0 aromatic rings. The predicted octanol–water partition coefficient (Wildman–Crippen LogP) is 0.565. The lowest BCUT2D eigenvalue weighted by molar-refractivity contribution is -0.138. The minimum absolute atomic E-state index is 0.0213. The number of hydrogen-bond acceptors (Lipinski definition) is 4. The van der Waals surface area contributed by atoms with E-state index in [1.165, 1.54) is 0 Å². The van der Waals surface area contributed by atoms with Crippen molar-refractivity contribution < 1.29 is 19.5 Å². The highest BCUT2D eigenvalue weighted by atomic mass is 16.4. The molecule has 0 aromatic heterocycles. The van der Waals surface area contributed by atoms with Crippen LogP contribution in [0.25, 0.3) is 0 Å². The van der Waals surface area contributed by atoms with Gasteiger partial charge in [0, 0.05) is 25.9 Å². The maximum absolute atomic E-state index is 11.3. The minimum atomic E-state index is -1.11. The number of amides is 2. The summed E-state index contributed by atoms with van der Waals surface area (Å²) in [6.45, 7) is 9.84. The Morgan fingerprint density at radius 3 is 1.90 bits per heavy atom. The van der Waals surface area contributed by atoms with Crippen LogP contribution in [0.5, 0.6) is 0 Å². The maximum Gasteiger partial charge on any atom is 0.320 e. The smallest absolute Gasteiger partial charge is 0.320 e. The van der Waals surface area contributed by atoms with Gasteiger partial charge in [0.15, 0.2) is 0 Å². The SMILES string of the molecule is CCN(CC)C(=O)CC(C)C.NC(=O)CCC(N)C(=O)O. The van der Waals surface area contributed by atoms with E-state index in [4.69, 9.17) is 16.6 Å². The predicted molar refractivity (Wildman–Crippen MR) is 81.4 cm³/mol. The van der Waals surface area contributed by atoms with E-state index >= 15 is 0 Å². The van der Waals surface area contributed by atoms with E-state index in [1.807, 2.05) is 18.7 Å². The number of carbonyl (C=O) groups excluding carboxylic acids is 2. The summed E-state index contributed by atoms with van der Waals surface area (Å²) in [5, 5.41) is 8.22. The topological polar surface area (TPSA) is 127 Å². The Morgan fingerprint density at radius 2 is 1.62 bits per heavy atom. The van der Waals surface area contributed by atoms with Gasteiger partial charge in [-0.15, -0.1) is 0 Å². The van der Waals surface area contributed by atoms with Crippen molar-refractivity contribution >= 4 is 17.8 Å². The average molecular weight is 303 g/mol. The Morgan fingerprint density at radius 1 is 1.14 bits per heavy atom. The molecule has 7 heteroatoms. The molecule has 1 atom stereocenters. The molecule has 7 nitrogen and oxygen atoms in total. The molecule has 0 heterocycles. The number of nitrogens with two attached hydrogens (primary N) is 2. The molecular weight excluding hydrogens is 274 g/mol. The van der Waals surface area contributed by atoms with Crippen LogP contribution in [0.1, 0.15) is 47.0 Å². The molecule has 1 unspecified atom stereocenters. The van der Waals surface area contributed by atoms with E-state index in [0.717, 1.165) is 13.1 Å². The summed E-state index contributed by atoms with van der Waals surface area (Å²) in [7, 11) is 0. The van der Waals surface area contributed by atoms with Crippen molar-refractivity contribution in [1.29, 1.82) is 0 Å². The third-order valence-corrected chi connectivity index (χ3v) is 2.72. The summed E-state index contributed by atoms with van der Waals surface area (Å²) in [6, 6.07) is -0.979. The zero-order chi connectivity index (χ0) is 17.0. The number of carboxylic acid groups (broad SMARTS) is 1. The third kappa shape index (κ3) is 13.1. The molecule has 0 aromatic carbocycles. The van der Waals surface area contributed by atoms with Gasteiger partial charge in [-0.1, -0.05) is 13.8 Å². The van der Waals surface area contributed by atoms with Crippen LogP contribution in [-0.4, -0.2) is 46.9 Å². The molecule has 2 amide bonds. The summed E-state index contributed by atoms with van der Waals surface area (Å²) in [6.07, 6.45) is 0.805. The standard InChI is InChI=1S/C9H19NO.C5H10N2O3/c1-5-10(6-2)9(11)7-8(3)4;6-3(5(9)10)1-2-4(7)8/h8H,5-7H2,1-4H3;3H,1-2,6H2,(H2,7,8)(H,9,10). The second-order valence-electron chi connectivity index (χ2n) is 5.11. The van der Waals surface area contributed by atoms with Crippen molar-refractivity contribution in [2.45, 2.75) is 53.0 Å². The highest BCUT2D eigenvalue weighted by Gasteiger charge is 2.11. The van der Waals surface area contributed by atoms with Crippen molar-refractivity contribution in [3.63, 3.8) is 0 Å². The molecule has 0 saturated heterocycles. The maximum atomic E-state index is 11.3. The number of aliphatic carboxylic acids is 1. The van der Waals surface area contributed by atoms with Gasteiger partial charge in [-0.05, 0) is 26.2 Å². The van der Waals surface area contributed by atoms with Crippen LogP contribution < -0.4 is 11.5 Å². The van der Waals surface area contributed by atoms with Crippen LogP contribution in [0.2, 0.25) is 0 Å². The highest BCUT2D eigenvalue weighted by Crippen LogP contribution is 2.03. The molecule has 0 aliphatic heterocycles. The molecule has 21 heavy (non-hydrogen) atoms. The van der Waals surface area contributed by atoms with Gasteiger partial charge >= 0.3 is 5.97 Å². The van der Waals surface area contributed by atoms with Crippen molar-refractivity contribution in [3.8, 4) is 0 Å². The largest absolute Gasteiger partial charge is 0.480 e. The normalized spacial score (nSPS) is 11.3. The van der Waals surface area contributed by atoms with Gasteiger partial charge in [0.1, 0.15) is 6.04 Å². The summed E-state index contributed by atoms with van der Waals surface area (Å²) in [4.78, 5) is 33.4. The Hall–Kier alpha value is -1.63. The van der Waals surface area contributed by atoms with Crippen LogP contribution in [0.3, 0.4) is 0 Å². The fourth-order valence-electron chi connectivity index (χ4n) is 1.48. The number of primary amides is 1. The molecule has 124 valence electrons.